The maximum Gasteiger partial charge on any atom is 0.408 e. The number of carbonyl (C=O) groups excluding carboxylic acids is 3. The lowest BCUT2D eigenvalue weighted by Crippen LogP contribution is -2.56. The van der Waals surface area contributed by atoms with Crippen LogP contribution >= 0.6 is 0 Å². The van der Waals surface area contributed by atoms with Crippen molar-refractivity contribution in [2.24, 2.45) is 0 Å². The Morgan fingerprint density at radius 3 is 2.33 bits per heavy atom. The van der Waals surface area contributed by atoms with Gasteiger partial charge in [0.1, 0.15) is 23.5 Å². The predicted octanol–water partition coefficient (Wildman–Crippen LogP) is 3.83. The van der Waals surface area contributed by atoms with E-state index in [1.807, 2.05) is 30.3 Å². The van der Waals surface area contributed by atoms with Gasteiger partial charge in [-0.1, -0.05) is 30.3 Å². The molecule has 176 valence electrons. The van der Waals surface area contributed by atoms with Crippen LogP contribution in [0.2, 0.25) is 0 Å². The minimum atomic E-state index is -1.43. The Balaban J connectivity index is 1.72. The van der Waals surface area contributed by atoms with Crippen LogP contribution in [0.5, 0.6) is 5.75 Å². The van der Waals surface area contributed by atoms with Crippen LogP contribution in [0.4, 0.5) is 10.5 Å². The highest BCUT2D eigenvalue weighted by Crippen LogP contribution is 2.32. The Bertz CT molecular complexity index is 984. The minimum absolute atomic E-state index is 0.242. The SMILES string of the molecule is COC(=O)CC1(NC(=O)OC(C)(C)C)CCN(c2ccc(OCc3ccccc3)cc2)C1=O. The van der Waals surface area contributed by atoms with Gasteiger partial charge in [-0.25, -0.2) is 4.79 Å². The van der Waals surface area contributed by atoms with Gasteiger partial charge in [0.25, 0.3) is 5.91 Å². The molecular formula is C25H30N2O6. The molecule has 2 aromatic rings. The van der Waals surface area contributed by atoms with Crippen LogP contribution in [0, 0.1) is 0 Å². The summed E-state index contributed by atoms with van der Waals surface area (Å²) in [5, 5.41) is 2.64. The van der Waals surface area contributed by atoms with E-state index in [0.717, 1.165) is 5.56 Å². The molecule has 8 nitrogen and oxygen atoms in total. The van der Waals surface area contributed by atoms with E-state index in [4.69, 9.17) is 14.2 Å². The van der Waals surface area contributed by atoms with Gasteiger partial charge >= 0.3 is 12.1 Å². The van der Waals surface area contributed by atoms with Gasteiger partial charge in [-0.05, 0) is 57.0 Å². The molecule has 0 spiro atoms. The number of nitrogens with zero attached hydrogens (tertiary/aromatic N) is 1. The van der Waals surface area contributed by atoms with Crippen molar-refractivity contribution < 1.29 is 28.6 Å². The highest BCUT2D eigenvalue weighted by atomic mass is 16.6. The van der Waals surface area contributed by atoms with Crippen LogP contribution in [-0.4, -0.2) is 42.8 Å². The fourth-order valence-corrected chi connectivity index (χ4v) is 3.62. The normalized spacial score (nSPS) is 18.1. The molecule has 8 heteroatoms. The first kappa shape index (κ1) is 24.1. The van der Waals surface area contributed by atoms with Crippen LogP contribution in [0.15, 0.2) is 54.6 Å². The van der Waals surface area contributed by atoms with E-state index >= 15 is 0 Å². The van der Waals surface area contributed by atoms with Gasteiger partial charge in [-0.3, -0.25) is 9.59 Å². The van der Waals surface area contributed by atoms with Crippen molar-refractivity contribution in [1.29, 1.82) is 0 Å². The minimum Gasteiger partial charge on any atom is -0.489 e. The van der Waals surface area contributed by atoms with Crippen molar-refractivity contribution in [2.75, 3.05) is 18.6 Å². The molecule has 1 unspecified atom stereocenters. The van der Waals surface area contributed by atoms with Crippen molar-refractivity contribution >= 4 is 23.7 Å². The predicted molar refractivity (Wildman–Crippen MR) is 123 cm³/mol. The molecule has 1 fully saturated rings. The van der Waals surface area contributed by atoms with E-state index in [9.17, 15) is 14.4 Å². The van der Waals surface area contributed by atoms with Gasteiger partial charge in [0.2, 0.25) is 0 Å². The summed E-state index contributed by atoms with van der Waals surface area (Å²) in [6.45, 7) is 5.94. The first-order valence-corrected chi connectivity index (χ1v) is 10.8. The maximum atomic E-state index is 13.4. The zero-order valence-corrected chi connectivity index (χ0v) is 19.4. The zero-order valence-electron chi connectivity index (χ0n) is 19.4. The summed E-state index contributed by atoms with van der Waals surface area (Å²) in [6.07, 6.45) is -0.797. The van der Waals surface area contributed by atoms with Crippen LogP contribution in [0.1, 0.15) is 39.2 Å². The second kappa shape index (κ2) is 9.94. The van der Waals surface area contributed by atoms with Crippen molar-refractivity contribution in [2.45, 2.75) is 51.4 Å². The summed E-state index contributed by atoms with van der Waals surface area (Å²) in [6, 6.07) is 16.9. The Kier molecular flexibility index (Phi) is 7.26. The summed E-state index contributed by atoms with van der Waals surface area (Å²) in [5.41, 5.74) is -0.479. The van der Waals surface area contributed by atoms with Crippen molar-refractivity contribution in [3.05, 3.63) is 60.2 Å². The van der Waals surface area contributed by atoms with Gasteiger partial charge in [-0.15, -0.1) is 0 Å². The number of benzene rings is 2. The van der Waals surface area contributed by atoms with Crippen LogP contribution in [0.3, 0.4) is 0 Å². The smallest absolute Gasteiger partial charge is 0.408 e. The molecule has 2 amide bonds. The second-order valence-electron chi connectivity index (χ2n) is 8.94. The maximum absolute atomic E-state index is 13.4. The standard InChI is InChI=1S/C25H30N2O6/c1-24(2,3)33-23(30)26-25(16-21(28)31-4)14-15-27(22(25)29)19-10-12-20(13-11-19)32-17-18-8-6-5-7-9-18/h5-13H,14-17H2,1-4H3,(H,26,30). The van der Waals surface area contributed by atoms with Gasteiger partial charge in [-0.2, -0.15) is 0 Å². The summed E-state index contributed by atoms with van der Waals surface area (Å²) in [5.74, 6) is -0.315. The molecule has 1 N–H and O–H groups in total. The monoisotopic (exact) mass is 454 g/mol. The number of ether oxygens (including phenoxy) is 3. The molecular weight excluding hydrogens is 424 g/mol. The van der Waals surface area contributed by atoms with E-state index < -0.39 is 29.1 Å². The lowest BCUT2D eigenvalue weighted by molar-refractivity contribution is -0.144. The largest absolute Gasteiger partial charge is 0.489 e. The van der Waals surface area contributed by atoms with Crippen molar-refractivity contribution in [3.8, 4) is 5.75 Å². The Hall–Kier alpha value is -3.55. The molecule has 0 saturated carbocycles. The van der Waals surface area contributed by atoms with E-state index in [1.165, 1.54) is 7.11 Å². The molecule has 1 saturated heterocycles. The molecule has 1 aliphatic heterocycles. The van der Waals surface area contributed by atoms with Gasteiger partial charge < -0.3 is 24.4 Å². The number of esters is 1. The quantitative estimate of drug-likeness (QED) is 0.639. The van der Waals surface area contributed by atoms with Crippen molar-refractivity contribution in [3.63, 3.8) is 0 Å². The molecule has 33 heavy (non-hydrogen) atoms. The summed E-state index contributed by atoms with van der Waals surface area (Å²) in [7, 11) is 1.24. The number of methoxy groups -OCH3 is 1. The molecule has 0 bridgehead atoms. The third-order valence-corrected chi connectivity index (χ3v) is 5.23. The lowest BCUT2D eigenvalue weighted by atomic mass is 9.93. The van der Waals surface area contributed by atoms with E-state index in [-0.39, 0.29) is 12.8 Å². The molecule has 1 atom stereocenters. The summed E-state index contributed by atoms with van der Waals surface area (Å²) in [4.78, 5) is 39.4. The van der Waals surface area contributed by atoms with Gasteiger partial charge in [0, 0.05) is 12.2 Å². The highest BCUT2D eigenvalue weighted by molar-refractivity contribution is 6.06. The molecule has 3 rings (SSSR count). The lowest BCUT2D eigenvalue weighted by Gasteiger charge is -2.29. The van der Waals surface area contributed by atoms with Crippen LogP contribution in [0.25, 0.3) is 0 Å². The van der Waals surface area contributed by atoms with E-state index in [0.29, 0.717) is 24.6 Å². The molecule has 1 heterocycles. The number of hydrogen-bond acceptors (Lipinski definition) is 6. The number of carbonyl (C=O) groups is 3. The fourth-order valence-electron chi connectivity index (χ4n) is 3.62. The Morgan fingerprint density at radius 1 is 1.06 bits per heavy atom. The third-order valence-electron chi connectivity index (χ3n) is 5.23. The van der Waals surface area contributed by atoms with E-state index in [1.54, 1.807) is 49.9 Å². The molecule has 0 aliphatic carbocycles. The topological polar surface area (TPSA) is 94.2 Å². The van der Waals surface area contributed by atoms with Crippen LogP contribution in [-0.2, 0) is 25.7 Å². The second-order valence-corrected chi connectivity index (χ2v) is 8.94. The molecule has 0 aromatic heterocycles. The zero-order chi connectivity index (χ0) is 24.1. The highest BCUT2D eigenvalue weighted by Gasteiger charge is 2.50. The average Bonchev–Trinajstić information content (AvgIpc) is 3.07. The number of rotatable bonds is 7. The number of amides is 2. The molecule has 2 aromatic carbocycles. The molecule has 1 aliphatic rings. The first-order valence-electron chi connectivity index (χ1n) is 10.8. The summed E-state index contributed by atoms with van der Waals surface area (Å²) < 4.78 is 15.9. The average molecular weight is 455 g/mol. The Morgan fingerprint density at radius 2 is 1.73 bits per heavy atom. The molecule has 0 radical (unpaired) electrons. The van der Waals surface area contributed by atoms with Gasteiger partial charge in [0.15, 0.2) is 0 Å². The number of hydrogen-bond donors (Lipinski definition) is 1. The number of nitrogens with one attached hydrogen (secondary N) is 1. The van der Waals surface area contributed by atoms with Crippen molar-refractivity contribution in [1.82, 2.24) is 5.32 Å². The van der Waals surface area contributed by atoms with E-state index in [2.05, 4.69) is 5.32 Å². The van der Waals surface area contributed by atoms with Crippen LogP contribution < -0.4 is 15.0 Å². The Labute approximate surface area is 193 Å². The third kappa shape index (κ3) is 6.25. The first-order chi connectivity index (χ1) is 15.6. The number of anilines is 1. The van der Waals surface area contributed by atoms with Gasteiger partial charge in [0.05, 0.1) is 13.5 Å². The fraction of sp³-hybridized carbons (Fsp3) is 0.400. The summed E-state index contributed by atoms with van der Waals surface area (Å²) >= 11 is 0. The number of alkyl carbamates (subject to hydrolysis) is 1.